The minimum Gasteiger partial charge on any atom is -0.497 e. The molecule has 4 rings (SSSR count). The van der Waals surface area contributed by atoms with Crippen molar-refractivity contribution >= 4 is 32.3 Å². The molecule has 1 unspecified atom stereocenters. The standard InChI is InChI=1S/C22H25N3O4S2/c1-29-15-9-11-16(12-10-15)31(27,28)25-13-5-7-19(25)21(26)24-22-18(14-23)17-6-3-2-4-8-20(17)30-22/h9-12,19H,2-8,13H2,1H3,(H,24,26). The molecule has 31 heavy (non-hydrogen) atoms. The molecule has 0 radical (unpaired) electrons. The number of amides is 1. The zero-order valence-electron chi connectivity index (χ0n) is 17.4. The largest absolute Gasteiger partial charge is 0.497 e. The molecule has 0 saturated carbocycles. The number of ether oxygens (including phenoxy) is 1. The van der Waals surface area contributed by atoms with E-state index in [0.717, 1.165) is 37.7 Å². The number of hydrogen-bond donors (Lipinski definition) is 1. The fourth-order valence-corrected chi connectivity index (χ4v) is 7.22. The molecular weight excluding hydrogens is 434 g/mol. The van der Waals surface area contributed by atoms with Crippen LogP contribution in [0.3, 0.4) is 0 Å². The fourth-order valence-electron chi connectivity index (χ4n) is 4.32. The van der Waals surface area contributed by atoms with E-state index in [-0.39, 0.29) is 10.8 Å². The molecule has 2 aliphatic rings. The van der Waals surface area contributed by atoms with Crippen molar-refractivity contribution in [3.63, 3.8) is 0 Å². The highest BCUT2D eigenvalue weighted by Crippen LogP contribution is 2.37. The Balaban J connectivity index is 1.57. The van der Waals surface area contributed by atoms with Crippen LogP contribution >= 0.6 is 11.3 Å². The molecule has 1 aromatic heterocycles. The first-order chi connectivity index (χ1) is 15.0. The van der Waals surface area contributed by atoms with Gasteiger partial charge in [-0.05, 0) is 68.4 Å². The molecule has 1 aliphatic carbocycles. The van der Waals surface area contributed by atoms with Crippen LogP contribution in [0.1, 0.15) is 48.1 Å². The normalized spacial score (nSPS) is 19.3. The topological polar surface area (TPSA) is 99.5 Å². The van der Waals surface area contributed by atoms with Crippen LogP contribution in [0, 0.1) is 11.3 Å². The predicted octanol–water partition coefficient (Wildman–Crippen LogP) is 3.69. The van der Waals surface area contributed by atoms with Crippen LogP contribution in [0.4, 0.5) is 5.00 Å². The Morgan fingerprint density at radius 1 is 1.19 bits per heavy atom. The number of rotatable bonds is 5. The lowest BCUT2D eigenvalue weighted by atomic mass is 10.1. The third-order valence-electron chi connectivity index (χ3n) is 5.94. The number of carbonyl (C=O) groups excluding carboxylic acids is 1. The molecule has 7 nitrogen and oxygen atoms in total. The molecular formula is C22H25N3O4S2. The van der Waals surface area contributed by atoms with Crippen LogP contribution in [0.25, 0.3) is 0 Å². The van der Waals surface area contributed by atoms with Gasteiger partial charge in [0.05, 0.1) is 17.6 Å². The summed E-state index contributed by atoms with van der Waals surface area (Å²) in [6.07, 6.45) is 6.12. The van der Waals surface area contributed by atoms with Crippen molar-refractivity contribution in [2.75, 3.05) is 19.0 Å². The summed E-state index contributed by atoms with van der Waals surface area (Å²) in [4.78, 5) is 14.4. The van der Waals surface area contributed by atoms with E-state index >= 15 is 0 Å². The summed E-state index contributed by atoms with van der Waals surface area (Å²) in [6.45, 7) is 0.290. The highest BCUT2D eigenvalue weighted by molar-refractivity contribution is 7.89. The molecule has 164 valence electrons. The van der Waals surface area contributed by atoms with Gasteiger partial charge in [0.2, 0.25) is 15.9 Å². The van der Waals surface area contributed by atoms with Crippen LogP contribution in [0.15, 0.2) is 29.2 Å². The second kappa shape index (κ2) is 8.99. The van der Waals surface area contributed by atoms with Gasteiger partial charge in [-0.2, -0.15) is 9.57 Å². The molecule has 2 heterocycles. The van der Waals surface area contributed by atoms with E-state index in [4.69, 9.17) is 4.74 Å². The highest BCUT2D eigenvalue weighted by atomic mass is 32.2. The quantitative estimate of drug-likeness (QED) is 0.688. The van der Waals surface area contributed by atoms with Gasteiger partial charge in [-0.15, -0.1) is 11.3 Å². The van der Waals surface area contributed by atoms with Crippen molar-refractivity contribution in [3.8, 4) is 11.8 Å². The maximum absolute atomic E-state index is 13.2. The van der Waals surface area contributed by atoms with Crippen LogP contribution in [0.2, 0.25) is 0 Å². The molecule has 1 amide bonds. The molecule has 1 aromatic carbocycles. The van der Waals surface area contributed by atoms with Crippen LogP contribution in [-0.4, -0.2) is 38.3 Å². The van der Waals surface area contributed by atoms with Crippen molar-refractivity contribution in [2.45, 2.75) is 55.9 Å². The number of anilines is 1. The third kappa shape index (κ3) is 4.20. The average molecular weight is 460 g/mol. The smallest absolute Gasteiger partial charge is 0.243 e. The summed E-state index contributed by atoms with van der Waals surface area (Å²) in [5.74, 6) is 0.193. The molecule has 1 N–H and O–H groups in total. The lowest BCUT2D eigenvalue weighted by Gasteiger charge is -2.23. The van der Waals surface area contributed by atoms with Gasteiger partial charge in [0.15, 0.2) is 0 Å². The summed E-state index contributed by atoms with van der Waals surface area (Å²) in [7, 11) is -2.30. The van der Waals surface area contributed by atoms with E-state index in [1.807, 2.05) is 0 Å². The van der Waals surface area contributed by atoms with E-state index in [1.54, 1.807) is 12.1 Å². The van der Waals surface area contributed by atoms with Gasteiger partial charge in [0.25, 0.3) is 0 Å². The van der Waals surface area contributed by atoms with E-state index in [1.165, 1.54) is 39.8 Å². The molecule has 1 atom stereocenters. The summed E-state index contributed by atoms with van der Waals surface area (Å²) in [5.41, 5.74) is 1.59. The number of thiophene rings is 1. The Labute approximate surface area is 186 Å². The van der Waals surface area contributed by atoms with Gasteiger partial charge in [-0.25, -0.2) is 8.42 Å². The minimum atomic E-state index is -3.82. The Morgan fingerprint density at radius 3 is 2.65 bits per heavy atom. The number of methoxy groups -OCH3 is 1. The molecule has 0 bridgehead atoms. The van der Waals surface area contributed by atoms with E-state index < -0.39 is 16.1 Å². The molecule has 0 spiro atoms. The predicted molar refractivity (Wildman–Crippen MR) is 119 cm³/mol. The molecule has 9 heteroatoms. The lowest BCUT2D eigenvalue weighted by Crippen LogP contribution is -2.43. The lowest BCUT2D eigenvalue weighted by molar-refractivity contribution is -0.119. The number of benzene rings is 1. The van der Waals surface area contributed by atoms with Gasteiger partial charge in [-0.1, -0.05) is 6.42 Å². The Morgan fingerprint density at radius 2 is 1.94 bits per heavy atom. The van der Waals surface area contributed by atoms with E-state index in [0.29, 0.717) is 35.7 Å². The molecule has 1 saturated heterocycles. The monoisotopic (exact) mass is 459 g/mol. The number of sulfonamides is 1. The second-order valence-electron chi connectivity index (χ2n) is 7.82. The van der Waals surface area contributed by atoms with E-state index in [2.05, 4.69) is 11.4 Å². The van der Waals surface area contributed by atoms with Crippen LogP contribution in [-0.2, 0) is 27.7 Å². The fraction of sp³-hybridized carbons (Fsp3) is 0.455. The van der Waals surface area contributed by atoms with Gasteiger partial charge in [0.1, 0.15) is 22.9 Å². The number of nitrogens with zero attached hydrogens (tertiary/aromatic N) is 2. The number of nitrogens with one attached hydrogen (secondary N) is 1. The molecule has 1 aliphatic heterocycles. The summed E-state index contributed by atoms with van der Waals surface area (Å²) in [6, 6.07) is 7.64. The maximum Gasteiger partial charge on any atom is 0.243 e. The molecule has 1 fully saturated rings. The van der Waals surface area contributed by atoms with Crippen molar-refractivity contribution < 1.29 is 17.9 Å². The maximum atomic E-state index is 13.2. The van der Waals surface area contributed by atoms with Crippen molar-refractivity contribution in [1.29, 1.82) is 5.26 Å². The number of hydrogen-bond acceptors (Lipinski definition) is 6. The van der Waals surface area contributed by atoms with Crippen molar-refractivity contribution in [1.82, 2.24) is 4.31 Å². The Kier molecular flexibility index (Phi) is 6.32. The Bertz CT molecular complexity index is 1120. The summed E-state index contributed by atoms with van der Waals surface area (Å²) < 4.78 is 32.7. The van der Waals surface area contributed by atoms with Crippen molar-refractivity contribution in [2.24, 2.45) is 0 Å². The van der Waals surface area contributed by atoms with Gasteiger partial charge < -0.3 is 10.1 Å². The SMILES string of the molecule is COc1ccc(S(=O)(=O)N2CCCC2C(=O)Nc2sc3c(c2C#N)CCCCC3)cc1. The highest BCUT2D eigenvalue weighted by Gasteiger charge is 2.40. The van der Waals surface area contributed by atoms with E-state index in [9.17, 15) is 18.5 Å². The number of fused-ring (bicyclic) bond motifs is 1. The summed E-state index contributed by atoms with van der Waals surface area (Å²) >= 11 is 1.46. The first-order valence-electron chi connectivity index (χ1n) is 10.5. The average Bonchev–Trinajstić information content (AvgIpc) is 3.33. The molecule has 2 aromatic rings. The first kappa shape index (κ1) is 21.8. The minimum absolute atomic E-state index is 0.133. The van der Waals surface area contributed by atoms with Gasteiger partial charge in [0, 0.05) is 11.4 Å². The third-order valence-corrected chi connectivity index (χ3v) is 9.07. The van der Waals surface area contributed by atoms with Crippen molar-refractivity contribution in [3.05, 3.63) is 40.3 Å². The second-order valence-corrected chi connectivity index (χ2v) is 10.8. The number of carbonyl (C=O) groups is 1. The van der Waals surface area contributed by atoms with Crippen LogP contribution < -0.4 is 10.1 Å². The van der Waals surface area contributed by atoms with Gasteiger partial charge >= 0.3 is 0 Å². The van der Waals surface area contributed by atoms with Gasteiger partial charge in [-0.3, -0.25) is 4.79 Å². The Hall–Kier alpha value is -2.41. The zero-order valence-corrected chi connectivity index (χ0v) is 19.0. The van der Waals surface area contributed by atoms with Crippen LogP contribution in [0.5, 0.6) is 5.75 Å². The number of aryl methyl sites for hydroxylation is 1. The first-order valence-corrected chi connectivity index (χ1v) is 12.7. The number of nitriles is 1. The summed E-state index contributed by atoms with van der Waals surface area (Å²) in [5, 5.41) is 13.1. The zero-order chi connectivity index (χ0) is 22.0.